The van der Waals surface area contributed by atoms with E-state index in [4.69, 9.17) is 14.9 Å². The van der Waals surface area contributed by atoms with Gasteiger partial charge < -0.3 is 20.2 Å². The van der Waals surface area contributed by atoms with Crippen molar-refractivity contribution in [2.75, 3.05) is 6.61 Å². The van der Waals surface area contributed by atoms with Gasteiger partial charge in [0.25, 0.3) is 0 Å². The van der Waals surface area contributed by atoms with Crippen LogP contribution in [0.4, 0.5) is 0 Å². The first-order valence-corrected chi connectivity index (χ1v) is 7.07. The molecule has 5 heteroatoms. The Balaban J connectivity index is 2.03. The molecule has 1 amide bonds. The molecule has 1 aromatic heterocycles. The molecule has 1 heterocycles. The summed E-state index contributed by atoms with van der Waals surface area (Å²) in [5.41, 5.74) is 5.05. The Bertz CT molecular complexity index is 469. The highest BCUT2D eigenvalue weighted by atomic mass is 16.5. The number of hydrogen-bond acceptors (Lipinski definition) is 4. The average Bonchev–Trinajstić information content (AvgIpc) is 2.92. The third-order valence-corrected chi connectivity index (χ3v) is 4.55. The lowest BCUT2D eigenvalue weighted by atomic mass is 9.54. The fraction of sp³-hybridized carbons (Fsp3) is 0.667. The minimum Gasteiger partial charge on any atom is -0.467 e. The second kappa shape index (κ2) is 5.22. The predicted octanol–water partition coefficient (Wildman–Crippen LogP) is 1.99. The molecule has 20 heavy (non-hydrogen) atoms. The van der Waals surface area contributed by atoms with Gasteiger partial charge in [-0.2, -0.15) is 0 Å². The van der Waals surface area contributed by atoms with E-state index in [0.29, 0.717) is 13.0 Å². The zero-order valence-electron chi connectivity index (χ0n) is 12.6. The van der Waals surface area contributed by atoms with Crippen molar-refractivity contribution in [2.45, 2.75) is 51.8 Å². The normalized spacial score (nSPS) is 29.6. The van der Waals surface area contributed by atoms with Gasteiger partial charge in [-0.25, -0.2) is 0 Å². The Morgan fingerprint density at radius 2 is 2.35 bits per heavy atom. The molecule has 0 aliphatic heterocycles. The van der Waals surface area contributed by atoms with E-state index in [2.05, 4.69) is 5.32 Å². The van der Waals surface area contributed by atoms with Crippen LogP contribution in [0.3, 0.4) is 0 Å². The molecule has 1 fully saturated rings. The lowest BCUT2D eigenvalue weighted by molar-refractivity contribution is -0.171. The lowest BCUT2D eigenvalue weighted by Gasteiger charge is -2.57. The van der Waals surface area contributed by atoms with Crippen LogP contribution in [0.5, 0.6) is 0 Å². The van der Waals surface area contributed by atoms with Gasteiger partial charge in [-0.1, -0.05) is 13.8 Å². The van der Waals surface area contributed by atoms with Crippen LogP contribution < -0.4 is 11.1 Å². The highest BCUT2D eigenvalue weighted by Gasteiger charge is 2.62. The number of amides is 1. The summed E-state index contributed by atoms with van der Waals surface area (Å²) in [4.78, 5) is 12.5. The maximum Gasteiger partial charge on any atom is 0.241 e. The summed E-state index contributed by atoms with van der Waals surface area (Å²) in [6, 6.07) is 3.44. The molecule has 3 N–H and O–H groups in total. The molecule has 0 saturated heterocycles. The first-order chi connectivity index (χ1) is 9.33. The molecule has 0 radical (unpaired) electrons. The quantitative estimate of drug-likeness (QED) is 0.864. The number of carbonyl (C=O) groups is 1. The van der Waals surface area contributed by atoms with Crippen molar-refractivity contribution >= 4 is 5.91 Å². The molecule has 1 aliphatic carbocycles. The van der Waals surface area contributed by atoms with E-state index >= 15 is 0 Å². The van der Waals surface area contributed by atoms with Gasteiger partial charge in [-0.3, -0.25) is 4.79 Å². The van der Waals surface area contributed by atoms with E-state index in [1.807, 2.05) is 33.8 Å². The molecule has 5 nitrogen and oxygen atoms in total. The SMILES string of the molecule is CCOC1CC(N)(C(=O)N[C@@H](C)c2ccco2)C1(C)C. The summed E-state index contributed by atoms with van der Waals surface area (Å²) in [7, 11) is 0. The van der Waals surface area contributed by atoms with Crippen molar-refractivity contribution in [3.8, 4) is 0 Å². The molecule has 0 aromatic carbocycles. The largest absolute Gasteiger partial charge is 0.467 e. The molecule has 1 saturated carbocycles. The van der Waals surface area contributed by atoms with Crippen molar-refractivity contribution < 1.29 is 13.9 Å². The van der Waals surface area contributed by atoms with Crippen LogP contribution in [0.2, 0.25) is 0 Å². The number of carbonyl (C=O) groups excluding carboxylic acids is 1. The molecule has 1 aromatic rings. The molecule has 112 valence electrons. The van der Waals surface area contributed by atoms with Crippen LogP contribution >= 0.6 is 0 Å². The number of rotatable bonds is 5. The van der Waals surface area contributed by atoms with Gasteiger partial charge in [0.15, 0.2) is 0 Å². The second-order valence-electron chi connectivity index (χ2n) is 6.05. The first kappa shape index (κ1) is 15.1. The minimum atomic E-state index is -0.895. The summed E-state index contributed by atoms with van der Waals surface area (Å²) in [6.07, 6.45) is 2.17. The molecular weight excluding hydrogens is 256 g/mol. The Hall–Kier alpha value is -1.33. The summed E-state index contributed by atoms with van der Waals surface area (Å²) in [5, 5.41) is 2.93. The molecule has 0 bridgehead atoms. The Kier molecular flexibility index (Phi) is 3.93. The van der Waals surface area contributed by atoms with Crippen molar-refractivity contribution in [1.29, 1.82) is 0 Å². The van der Waals surface area contributed by atoms with Gasteiger partial charge >= 0.3 is 0 Å². The standard InChI is InChI=1S/C15H24N2O3/c1-5-19-12-9-15(16,14(12,3)4)13(18)17-10(2)11-7-6-8-20-11/h6-8,10,12H,5,9,16H2,1-4H3,(H,17,18)/t10-,12?,15?/m0/s1. The third kappa shape index (κ3) is 2.25. The Morgan fingerprint density at radius 1 is 1.65 bits per heavy atom. The van der Waals surface area contributed by atoms with Crippen molar-refractivity contribution in [2.24, 2.45) is 11.1 Å². The zero-order chi connectivity index (χ0) is 15.0. The van der Waals surface area contributed by atoms with Crippen molar-refractivity contribution in [1.82, 2.24) is 5.32 Å². The van der Waals surface area contributed by atoms with Crippen LogP contribution in [0.25, 0.3) is 0 Å². The summed E-state index contributed by atoms with van der Waals surface area (Å²) >= 11 is 0. The average molecular weight is 280 g/mol. The van der Waals surface area contributed by atoms with Gasteiger partial charge in [0.2, 0.25) is 5.91 Å². The zero-order valence-corrected chi connectivity index (χ0v) is 12.6. The molecule has 1 aliphatic rings. The van der Waals surface area contributed by atoms with Gasteiger partial charge in [-0.15, -0.1) is 0 Å². The lowest BCUT2D eigenvalue weighted by Crippen LogP contribution is -2.75. The summed E-state index contributed by atoms with van der Waals surface area (Å²) < 4.78 is 10.9. The summed E-state index contributed by atoms with van der Waals surface area (Å²) in [6.45, 7) is 8.42. The molecule has 3 atom stereocenters. The monoisotopic (exact) mass is 280 g/mol. The van der Waals surface area contributed by atoms with E-state index in [0.717, 1.165) is 5.76 Å². The van der Waals surface area contributed by atoms with Gasteiger partial charge in [0, 0.05) is 18.4 Å². The summed E-state index contributed by atoms with van der Waals surface area (Å²) in [5.74, 6) is 0.572. The molecular formula is C15H24N2O3. The number of nitrogens with two attached hydrogens (primary N) is 1. The van der Waals surface area contributed by atoms with E-state index < -0.39 is 5.54 Å². The number of furan rings is 1. The first-order valence-electron chi connectivity index (χ1n) is 7.07. The molecule has 2 rings (SSSR count). The van der Waals surface area contributed by atoms with Gasteiger partial charge in [0.05, 0.1) is 18.4 Å². The number of hydrogen-bond donors (Lipinski definition) is 2. The highest BCUT2D eigenvalue weighted by Crippen LogP contribution is 2.50. The highest BCUT2D eigenvalue weighted by molar-refractivity contribution is 5.89. The maximum atomic E-state index is 12.5. The Morgan fingerprint density at radius 3 is 2.85 bits per heavy atom. The van der Waals surface area contributed by atoms with Crippen molar-refractivity contribution in [3.05, 3.63) is 24.2 Å². The van der Waals surface area contributed by atoms with E-state index in [-0.39, 0.29) is 23.5 Å². The second-order valence-corrected chi connectivity index (χ2v) is 6.05. The van der Waals surface area contributed by atoms with Crippen LogP contribution in [0.15, 0.2) is 22.8 Å². The fourth-order valence-corrected chi connectivity index (χ4v) is 2.75. The third-order valence-electron chi connectivity index (χ3n) is 4.55. The van der Waals surface area contributed by atoms with Crippen LogP contribution in [0, 0.1) is 5.41 Å². The van der Waals surface area contributed by atoms with Crippen LogP contribution in [-0.4, -0.2) is 24.2 Å². The molecule has 2 unspecified atom stereocenters. The van der Waals surface area contributed by atoms with E-state index in [9.17, 15) is 4.79 Å². The minimum absolute atomic E-state index is 0.0298. The van der Waals surface area contributed by atoms with Crippen LogP contribution in [0.1, 0.15) is 45.9 Å². The maximum absolute atomic E-state index is 12.5. The predicted molar refractivity (Wildman–Crippen MR) is 76.0 cm³/mol. The fourth-order valence-electron chi connectivity index (χ4n) is 2.75. The molecule has 0 spiro atoms. The number of ether oxygens (including phenoxy) is 1. The van der Waals surface area contributed by atoms with Gasteiger partial charge in [0.1, 0.15) is 11.3 Å². The Labute approximate surface area is 119 Å². The smallest absolute Gasteiger partial charge is 0.241 e. The van der Waals surface area contributed by atoms with E-state index in [1.165, 1.54) is 0 Å². The van der Waals surface area contributed by atoms with E-state index in [1.54, 1.807) is 12.3 Å². The van der Waals surface area contributed by atoms with Crippen LogP contribution in [-0.2, 0) is 9.53 Å². The van der Waals surface area contributed by atoms with Crippen molar-refractivity contribution in [3.63, 3.8) is 0 Å². The topological polar surface area (TPSA) is 77.5 Å². The van der Waals surface area contributed by atoms with Gasteiger partial charge in [-0.05, 0) is 26.0 Å². The number of nitrogens with one attached hydrogen (secondary N) is 1.